The van der Waals surface area contributed by atoms with Crippen LogP contribution >= 0.6 is 15.9 Å². The van der Waals surface area contributed by atoms with Gasteiger partial charge in [-0.3, -0.25) is 4.48 Å². The fraction of sp³-hybridized carbons (Fsp3) is 0.571. The van der Waals surface area contributed by atoms with Gasteiger partial charge in [0.05, 0.1) is 20.1 Å². The van der Waals surface area contributed by atoms with Crippen molar-refractivity contribution in [1.82, 2.24) is 20.6 Å². The van der Waals surface area contributed by atoms with E-state index >= 15 is 0 Å². The molecule has 4 aliphatic rings. The Labute approximate surface area is 280 Å². The minimum Gasteiger partial charge on any atom is -0.351 e. The van der Waals surface area contributed by atoms with E-state index in [-0.39, 0.29) is 18.0 Å². The molecule has 6 rings (SSSR count). The van der Waals surface area contributed by atoms with Crippen LogP contribution in [0.3, 0.4) is 0 Å². The Morgan fingerprint density at radius 1 is 1.02 bits per heavy atom. The Morgan fingerprint density at radius 2 is 1.72 bits per heavy atom. The third kappa shape index (κ3) is 7.59. The van der Waals surface area contributed by atoms with Crippen molar-refractivity contribution < 1.29 is 23.7 Å². The first-order valence-electron chi connectivity index (χ1n) is 16.9. The molecule has 4 heterocycles. The Bertz CT molecular complexity index is 1420. The van der Waals surface area contributed by atoms with Crippen LogP contribution in [0.25, 0.3) is 0 Å². The number of carbonyl (C=O) groups is 3. The maximum Gasteiger partial charge on any atom is 0.427 e. The number of anilines is 1. The van der Waals surface area contributed by atoms with E-state index in [1.807, 2.05) is 55.3 Å². The van der Waals surface area contributed by atoms with E-state index in [0.717, 1.165) is 71.8 Å². The fourth-order valence-electron chi connectivity index (χ4n) is 7.86. The predicted octanol–water partition coefficient (Wildman–Crippen LogP) is 5.20. The summed E-state index contributed by atoms with van der Waals surface area (Å²) in [5.74, 6) is 1.45. The summed E-state index contributed by atoms with van der Waals surface area (Å²) >= 11 is 3.58. The second-order valence-corrected chi connectivity index (χ2v) is 14.7. The number of likely N-dealkylation sites (N-methyl/N-ethyl adjacent to an activating group) is 1. The van der Waals surface area contributed by atoms with Crippen LogP contribution in [0.15, 0.2) is 46.9 Å². The average Bonchev–Trinajstić information content (AvgIpc) is 3.06. The van der Waals surface area contributed by atoms with E-state index in [1.54, 1.807) is 5.06 Å². The lowest BCUT2D eigenvalue weighted by Gasteiger charge is -2.42. The monoisotopic (exact) mass is 695 g/mol. The van der Waals surface area contributed by atoms with E-state index in [9.17, 15) is 14.4 Å². The highest BCUT2D eigenvalue weighted by molar-refractivity contribution is 9.10. The third-order valence-electron chi connectivity index (χ3n) is 10.8. The van der Waals surface area contributed by atoms with Crippen molar-refractivity contribution in [2.24, 2.45) is 11.8 Å². The van der Waals surface area contributed by atoms with Crippen molar-refractivity contribution >= 4 is 39.6 Å². The molecule has 11 heteroatoms. The van der Waals surface area contributed by atoms with Gasteiger partial charge in [0.2, 0.25) is 0 Å². The van der Waals surface area contributed by atoms with Crippen molar-refractivity contribution in [2.45, 2.75) is 70.5 Å². The summed E-state index contributed by atoms with van der Waals surface area (Å²) in [5.41, 5.74) is 4.05. The van der Waals surface area contributed by atoms with Crippen LogP contribution in [-0.2, 0) is 22.6 Å². The molecule has 248 valence electrons. The standard InChI is InChI=1S/C35H47BrN6O4/c1-24-21-25(7-8-30(24)36)22-32(33(43)42(2)19-13-27(14-20-42)26-9-15-37-16-10-26)39-35(45)46-40-17-11-29(12-18-40)41-23-28-5-3-4-6-31(28)38-34(41)44/h3-8,21,26-27,29,32,37H,9-20,22-23H2,1-2H3,(H-,38,39,44,45)/p+1. The summed E-state index contributed by atoms with van der Waals surface area (Å²) < 4.78 is 1.34. The third-order valence-corrected chi connectivity index (χ3v) is 11.6. The zero-order valence-electron chi connectivity index (χ0n) is 27.1. The van der Waals surface area contributed by atoms with E-state index in [4.69, 9.17) is 4.84 Å². The highest BCUT2D eigenvalue weighted by atomic mass is 79.9. The van der Waals surface area contributed by atoms with Gasteiger partial charge < -0.3 is 25.7 Å². The number of piperidine rings is 3. The lowest BCUT2D eigenvalue weighted by molar-refractivity contribution is -0.842. The zero-order chi connectivity index (χ0) is 32.3. The van der Waals surface area contributed by atoms with Gasteiger partial charge in [0.15, 0.2) is 6.04 Å². The summed E-state index contributed by atoms with van der Waals surface area (Å²) in [4.78, 5) is 48.1. The molecular formula is C35H48BrN6O4+. The number of fused-ring (bicyclic) bond motifs is 1. The van der Waals surface area contributed by atoms with Crippen LogP contribution in [0.1, 0.15) is 55.2 Å². The fourth-order valence-corrected chi connectivity index (χ4v) is 8.11. The molecule has 3 saturated heterocycles. The maximum absolute atomic E-state index is 14.2. The van der Waals surface area contributed by atoms with E-state index in [1.165, 1.54) is 12.8 Å². The minimum absolute atomic E-state index is 0.0383. The summed E-state index contributed by atoms with van der Waals surface area (Å²) in [6.07, 6.45) is 5.70. The Hall–Kier alpha value is -2.99. The molecule has 2 aromatic rings. The molecule has 1 unspecified atom stereocenters. The molecule has 2 aromatic carbocycles. The van der Waals surface area contributed by atoms with E-state index in [2.05, 4.69) is 37.9 Å². The van der Waals surface area contributed by atoms with Crippen LogP contribution in [-0.4, -0.2) is 90.9 Å². The molecule has 4 aliphatic heterocycles. The van der Waals surface area contributed by atoms with Gasteiger partial charge in [0.1, 0.15) is 0 Å². The molecule has 10 nitrogen and oxygen atoms in total. The minimum atomic E-state index is -0.705. The number of hydroxylamine groups is 2. The number of carbonyl (C=O) groups excluding carboxylic acids is 3. The molecule has 0 aliphatic carbocycles. The number of nitrogens with zero attached hydrogens (tertiary/aromatic N) is 3. The topological polar surface area (TPSA) is 103 Å². The van der Waals surface area contributed by atoms with Gasteiger partial charge in [-0.05, 0) is 86.4 Å². The van der Waals surface area contributed by atoms with Crippen molar-refractivity contribution in [2.75, 3.05) is 51.6 Å². The van der Waals surface area contributed by atoms with Crippen LogP contribution in [0.4, 0.5) is 15.3 Å². The first-order chi connectivity index (χ1) is 22.2. The number of hydrogen-bond acceptors (Lipinski definition) is 6. The predicted molar refractivity (Wildman–Crippen MR) is 181 cm³/mol. The molecule has 1 atom stereocenters. The summed E-state index contributed by atoms with van der Waals surface area (Å²) in [6, 6.07) is 13.2. The molecule has 46 heavy (non-hydrogen) atoms. The molecular weight excluding hydrogens is 648 g/mol. The van der Waals surface area contributed by atoms with Crippen molar-refractivity contribution in [3.8, 4) is 0 Å². The number of benzene rings is 2. The molecule has 4 amide bonds. The number of likely N-dealkylation sites (tertiary alicyclic amines) is 1. The average molecular weight is 697 g/mol. The zero-order valence-corrected chi connectivity index (χ0v) is 28.7. The Kier molecular flexibility index (Phi) is 10.3. The summed E-state index contributed by atoms with van der Waals surface area (Å²) in [7, 11) is 2.04. The van der Waals surface area contributed by atoms with Gasteiger partial charge >= 0.3 is 18.0 Å². The number of amides is 4. The van der Waals surface area contributed by atoms with Gasteiger partial charge in [-0.1, -0.05) is 46.3 Å². The van der Waals surface area contributed by atoms with Crippen LogP contribution in [0.5, 0.6) is 0 Å². The number of para-hydroxylation sites is 1. The van der Waals surface area contributed by atoms with Gasteiger partial charge in [0, 0.05) is 55.1 Å². The molecule has 0 radical (unpaired) electrons. The molecule has 3 fully saturated rings. The van der Waals surface area contributed by atoms with E-state index in [0.29, 0.717) is 49.3 Å². The smallest absolute Gasteiger partial charge is 0.351 e. The normalized spacial score (nSPS) is 25.3. The van der Waals surface area contributed by atoms with Gasteiger partial charge in [-0.15, -0.1) is 5.06 Å². The number of hydrogen-bond donors (Lipinski definition) is 3. The van der Waals surface area contributed by atoms with Crippen molar-refractivity contribution in [1.29, 1.82) is 0 Å². The summed E-state index contributed by atoms with van der Waals surface area (Å²) in [6.45, 7) is 7.40. The van der Waals surface area contributed by atoms with Crippen molar-refractivity contribution in [3.63, 3.8) is 0 Å². The van der Waals surface area contributed by atoms with Crippen LogP contribution in [0.2, 0.25) is 0 Å². The molecule has 0 aromatic heterocycles. The highest BCUT2D eigenvalue weighted by Gasteiger charge is 2.43. The van der Waals surface area contributed by atoms with Gasteiger partial charge in [-0.2, -0.15) is 0 Å². The number of quaternary nitrogens is 1. The van der Waals surface area contributed by atoms with Crippen molar-refractivity contribution in [3.05, 3.63) is 63.6 Å². The van der Waals surface area contributed by atoms with Crippen LogP contribution < -0.4 is 16.0 Å². The maximum atomic E-state index is 14.2. The molecule has 3 N–H and O–H groups in total. The lowest BCUT2D eigenvalue weighted by Crippen LogP contribution is -2.62. The number of nitrogens with one attached hydrogen (secondary N) is 3. The Balaban J connectivity index is 1.07. The number of halogens is 1. The lowest BCUT2D eigenvalue weighted by atomic mass is 9.78. The van der Waals surface area contributed by atoms with Crippen LogP contribution in [0, 0.1) is 18.8 Å². The first-order valence-corrected chi connectivity index (χ1v) is 17.7. The highest BCUT2D eigenvalue weighted by Crippen LogP contribution is 2.34. The van der Waals surface area contributed by atoms with Gasteiger partial charge in [0.25, 0.3) is 0 Å². The number of rotatable bonds is 7. The molecule has 0 saturated carbocycles. The Morgan fingerprint density at radius 3 is 2.43 bits per heavy atom. The molecule has 0 spiro atoms. The second-order valence-electron chi connectivity index (χ2n) is 13.8. The quantitative estimate of drug-likeness (QED) is 0.344. The molecule has 0 bridgehead atoms. The summed E-state index contributed by atoms with van der Waals surface area (Å²) in [5, 5.41) is 11.1. The largest absolute Gasteiger partial charge is 0.427 e. The van der Waals surface area contributed by atoms with Gasteiger partial charge in [-0.25, -0.2) is 14.4 Å². The van der Waals surface area contributed by atoms with E-state index < -0.39 is 12.1 Å². The first kappa shape index (κ1) is 32.9. The number of urea groups is 1. The second kappa shape index (κ2) is 14.4. The SMILES string of the molecule is Cc1cc(CC(NC(=O)ON2CCC(N3Cc4ccccc4NC3=O)CC2)C(=O)[N+]2(C)CCC(C3CCNCC3)CC2)ccc1Br. The number of aryl methyl sites for hydroxylation is 1.